The number of carbonyl (C=O) groups excluding carboxylic acids is 1. The van der Waals surface area contributed by atoms with Crippen LogP contribution in [0, 0.1) is 0 Å². The lowest BCUT2D eigenvalue weighted by molar-refractivity contribution is 0.0497. The van der Waals surface area contributed by atoms with Crippen LogP contribution in [0.2, 0.25) is 0 Å². The maximum atomic E-state index is 11.9. The molecule has 0 saturated heterocycles. The third-order valence-electron chi connectivity index (χ3n) is 4.15. The van der Waals surface area contributed by atoms with Crippen LogP contribution in [0.25, 0.3) is 0 Å². The number of methoxy groups -OCH3 is 1. The number of phenols is 1. The van der Waals surface area contributed by atoms with E-state index in [9.17, 15) is 9.90 Å². The molecule has 0 bridgehead atoms. The highest BCUT2D eigenvalue weighted by molar-refractivity contribution is 5.90. The van der Waals surface area contributed by atoms with Gasteiger partial charge in [-0.3, -0.25) is 0 Å². The van der Waals surface area contributed by atoms with Crippen molar-refractivity contribution in [3.05, 3.63) is 23.8 Å². The Kier molecular flexibility index (Phi) is 10.7. The predicted octanol–water partition coefficient (Wildman–Crippen LogP) is 5.48. The van der Waals surface area contributed by atoms with Gasteiger partial charge >= 0.3 is 5.97 Å². The van der Waals surface area contributed by atoms with Gasteiger partial charge in [-0.25, -0.2) is 4.79 Å². The van der Waals surface area contributed by atoms with Crippen molar-refractivity contribution in [1.82, 2.24) is 0 Å². The van der Waals surface area contributed by atoms with Crippen molar-refractivity contribution in [3.63, 3.8) is 0 Å². The zero-order chi connectivity index (χ0) is 17.6. The molecule has 0 aliphatic carbocycles. The van der Waals surface area contributed by atoms with Crippen LogP contribution >= 0.6 is 0 Å². The van der Waals surface area contributed by atoms with Crippen LogP contribution in [0.4, 0.5) is 0 Å². The van der Waals surface area contributed by atoms with Gasteiger partial charge in [0, 0.05) is 0 Å². The first-order chi connectivity index (χ1) is 11.7. The van der Waals surface area contributed by atoms with E-state index in [1.165, 1.54) is 70.6 Å². The number of hydrogen-bond donors (Lipinski definition) is 1. The summed E-state index contributed by atoms with van der Waals surface area (Å²) in [6.45, 7) is 2.68. The van der Waals surface area contributed by atoms with E-state index in [2.05, 4.69) is 6.92 Å². The van der Waals surface area contributed by atoms with Crippen LogP contribution in [0.15, 0.2) is 18.2 Å². The third kappa shape index (κ3) is 8.23. The summed E-state index contributed by atoms with van der Waals surface area (Å²) >= 11 is 0. The molecular weight excluding hydrogens is 304 g/mol. The molecule has 0 aliphatic rings. The molecule has 1 aromatic rings. The van der Waals surface area contributed by atoms with Crippen LogP contribution in [0.3, 0.4) is 0 Å². The summed E-state index contributed by atoms with van der Waals surface area (Å²) in [5, 5.41) is 9.52. The van der Waals surface area contributed by atoms with Gasteiger partial charge in [0.1, 0.15) is 0 Å². The van der Waals surface area contributed by atoms with Gasteiger partial charge in [-0.05, 0) is 24.6 Å². The fourth-order valence-electron chi connectivity index (χ4n) is 2.64. The van der Waals surface area contributed by atoms with Crippen molar-refractivity contribution in [2.75, 3.05) is 13.7 Å². The highest BCUT2D eigenvalue weighted by atomic mass is 16.5. The summed E-state index contributed by atoms with van der Waals surface area (Å²) in [5.41, 5.74) is 0.400. The van der Waals surface area contributed by atoms with E-state index in [1.54, 1.807) is 6.07 Å². The second kappa shape index (κ2) is 12.7. The largest absolute Gasteiger partial charge is 0.504 e. The van der Waals surface area contributed by atoms with E-state index in [1.807, 2.05) is 0 Å². The van der Waals surface area contributed by atoms with Gasteiger partial charge in [0.25, 0.3) is 0 Å². The lowest BCUT2D eigenvalue weighted by Crippen LogP contribution is -2.06. The molecule has 0 unspecified atom stereocenters. The standard InChI is InChI=1S/C20H32O4/c1-3-4-5-6-7-8-9-10-11-12-15-24-20(22)17-13-14-18(21)19(16-17)23-2/h13-14,16,21H,3-12,15H2,1-2H3. The molecule has 1 aromatic carbocycles. The summed E-state index contributed by atoms with van der Waals surface area (Å²) in [5.74, 6) is -0.0728. The second-order valence-electron chi connectivity index (χ2n) is 6.20. The molecule has 1 N–H and O–H groups in total. The molecule has 0 amide bonds. The minimum Gasteiger partial charge on any atom is -0.504 e. The number of rotatable bonds is 13. The molecule has 0 spiro atoms. The topological polar surface area (TPSA) is 55.8 Å². The summed E-state index contributed by atoms with van der Waals surface area (Å²) in [4.78, 5) is 11.9. The Morgan fingerprint density at radius 1 is 0.958 bits per heavy atom. The van der Waals surface area contributed by atoms with Crippen LogP contribution in [0.5, 0.6) is 11.5 Å². The molecule has 0 saturated carbocycles. The molecule has 4 nitrogen and oxygen atoms in total. The van der Waals surface area contributed by atoms with E-state index < -0.39 is 0 Å². The van der Waals surface area contributed by atoms with Crippen molar-refractivity contribution in [3.8, 4) is 11.5 Å². The van der Waals surface area contributed by atoms with Crippen molar-refractivity contribution >= 4 is 5.97 Å². The normalized spacial score (nSPS) is 10.6. The quantitative estimate of drug-likeness (QED) is 0.383. The Labute approximate surface area is 146 Å². The van der Waals surface area contributed by atoms with Crippen LogP contribution in [-0.4, -0.2) is 24.8 Å². The highest BCUT2D eigenvalue weighted by Crippen LogP contribution is 2.26. The van der Waals surface area contributed by atoms with Gasteiger partial charge in [0.05, 0.1) is 19.3 Å². The van der Waals surface area contributed by atoms with Crippen molar-refractivity contribution in [2.24, 2.45) is 0 Å². The number of aromatic hydroxyl groups is 1. The van der Waals surface area contributed by atoms with Crippen molar-refractivity contribution in [1.29, 1.82) is 0 Å². The van der Waals surface area contributed by atoms with Crippen LogP contribution in [0.1, 0.15) is 81.5 Å². The SMILES string of the molecule is CCCCCCCCCCCCOC(=O)c1ccc(O)c(OC)c1. The molecule has 0 heterocycles. The Hall–Kier alpha value is -1.71. The van der Waals surface area contributed by atoms with E-state index in [0.29, 0.717) is 12.2 Å². The van der Waals surface area contributed by atoms with E-state index >= 15 is 0 Å². The zero-order valence-corrected chi connectivity index (χ0v) is 15.2. The first-order valence-electron chi connectivity index (χ1n) is 9.23. The number of esters is 1. The number of hydrogen-bond acceptors (Lipinski definition) is 4. The molecular formula is C20H32O4. The van der Waals surface area contributed by atoms with Gasteiger partial charge in [-0.2, -0.15) is 0 Å². The predicted molar refractivity (Wildman–Crippen MR) is 96.8 cm³/mol. The van der Waals surface area contributed by atoms with E-state index in [-0.39, 0.29) is 17.5 Å². The van der Waals surface area contributed by atoms with Crippen molar-refractivity contribution < 1.29 is 19.4 Å². The molecule has 136 valence electrons. The Morgan fingerprint density at radius 2 is 1.54 bits per heavy atom. The Balaban J connectivity index is 2.06. The van der Waals surface area contributed by atoms with Gasteiger partial charge < -0.3 is 14.6 Å². The molecule has 0 fully saturated rings. The summed E-state index contributed by atoms with van der Waals surface area (Å²) in [6.07, 6.45) is 12.5. The summed E-state index contributed by atoms with van der Waals surface area (Å²) in [7, 11) is 1.45. The number of carbonyl (C=O) groups is 1. The number of unbranched alkanes of at least 4 members (excludes halogenated alkanes) is 9. The molecule has 4 heteroatoms. The molecule has 0 aliphatic heterocycles. The number of benzene rings is 1. The summed E-state index contributed by atoms with van der Waals surface area (Å²) < 4.78 is 10.3. The molecule has 1 rings (SSSR count). The molecule has 0 aromatic heterocycles. The fourth-order valence-corrected chi connectivity index (χ4v) is 2.64. The van der Waals surface area contributed by atoms with Gasteiger partial charge in [-0.15, -0.1) is 0 Å². The minimum absolute atomic E-state index is 0.0174. The third-order valence-corrected chi connectivity index (χ3v) is 4.15. The van der Waals surface area contributed by atoms with Gasteiger partial charge in [0.2, 0.25) is 0 Å². The van der Waals surface area contributed by atoms with Gasteiger partial charge in [0.15, 0.2) is 11.5 Å². The smallest absolute Gasteiger partial charge is 0.338 e. The summed E-state index contributed by atoms with van der Waals surface area (Å²) in [6, 6.07) is 4.48. The van der Waals surface area contributed by atoms with Crippen LogP contribution < -0.4 is 4.74 Å². The molecule has 0 radical (unpaired) electrons. The average molecular weight is 336 g/mol. The monoisotopic (exact) mass is 336 g/mol. The lowest BCUT2D eigenvalue weighted by atomic mass is 10.1. The molecule has 24 heavy (non-hydrogen) atoms. The average Bonchev–Trinajstić information content (AvgIpc) is 2.59. The number of ether oxygens (including phenoxy) is 2. The van der Waals surface area contributed by atoms with Gasteiger partial charge in [-0.1, -0.05) is 64.7 Å². The van der Waals surface area contributed by atoms with Crippen LogP contribution in [-0.2, 0) is 4.74 Å². The Morgan fingerprint density at radius 3 is 2.12 bits per heavy atom. The fraction of sp³-hybridized carbons (Fsp3) is 0.650. The molecule has 0 atom stereocenters. The zero-order valence-electron chi connectivity index (χ0n) is 15.2. The first kappa shape index (κ1) is 20.3. The minimum atomic E-state index is -0.371. The van der Waals surface area contributed by atoms with E-state index in [4.69, 9.17) is 9.47 Å². The lowest BCUT2D eigenvalue weighted by Gasteiger charge is -2.07. The first-order valence-corrected chi connectivity index (χ1v) is 9.23. The Bertz CT molecular complexity index is 471. The van der Waals surface area contributed by atoms with E-state index in [0.717, 1.165) is 12.8 Å². The second-order valence-corrected chi connectivity index (χ2v) is 6.20. The maximum Gasteiger partial charge on any atom is 0.338 e. The maximum absolute atomic E-state index is 11.9. The number of phenolic OH excluding ortho intramolecular Hbond substituents is 1. The highest BCUT2D eigenvalue weighted by Gasteiger charge is 2.10. The van der Waals surface area contributed by atoms with Crippen molar-refractivity contribution in [2.45, 2.75) is 71.1 Å².